The molecule has 0 aliphatic carbocycles. The molecule has 35 heavy (non-hydrogen) atoms. The third-order valence-electron chi connectivity index (χ3n) is 4.57. The van der Waals surface area contributed by atoms with E-state index < -0.39 is 10.8 Å². The van der Waals surface area contributed by atoms with Crippen molar-refractivity contribution in [3.63, 3.8) is 0 Å². The van der Waals surface area contributed by atoms with Gasteiger partial charge < -0.3 is 0 Å². The van der Waals surface area contributed by atoms with Crippen LogP contribution in [0.3, 0.4) is 0 Å². The normalized spacial score (nSPS) is 11.0. The average molecular weight is 573 g/mol. The van der Waals surface area contributed by atoms with Crippen LogP contribution in [0.25, 0.3) is 17.1 Å². The van der Waals surface area contributed by atoms with Gasteiger partial charge in [-0.2, -0.15) is 5.10 Å². The Morgan fingerprint density at radius 2 is 1.91 bits per heavy atom. The zero-order valence-electron chi connectivity index (χ0n) is 17.7. The van der Waals surface area contributed by atoms with Gasteiger partial charge in [0.2, 0.25) is 0 Å². The molecule has 0 aliphatic heterocycles. The first kappa shape index (κ1) is 24.5. The topological polar surface area (TPSA) is 128 Å². The molecule has 4 rings (SSSR count). The lowest BCUT2D eigenvalue weighted by molar-refractivity contribution is -0.384. The number of halogens is 2. The van der Waals surface area contributed by atoms with Gasteiger partial charge in [0.1, 0.15) is 0 Å². The van der Waals surface area contributed by atoms with Gasteiger partial charge in [-0.15, -0.1) is 10.2 Å². The highest BCUT2D eigenvalue weighted by Gasteiger charge is 2.17. The van der Waals surface area contributed by atoms with E-state index in [9.17, 15) is 14.9 Å². The summed E-state index contributed by atoms with van der Waals surface area (Å²) in [6.07, 6.45) is 4.59. The molecule has 0 unspecified atom stereocenters. The van der Waals surface area contributed by atoms with Crippen molar-refractivity contribution in [2.45, 2.75) is 5.16 Å². The maximum Gasteiger partial charge on any atom is 0.270 e. The molecular formula is C22H15BrClN7O3S. The monoisotopic (exact) mass is 571 g/mol. The maximum absolute atomic E-state index is 12.4. The number of carbonyl (C=O) groups is 1. The molecule has 0 fully saturated rings. The maximum atomic E-state index is 12.4. The van der Waals surface area contributed by atoms with E-state index in [1.807, 2.05) is 41.0 Å². The fourth-order valence-electron chi connectivity index (χ4n) is 2.95. The number of rotatable bonds is 8. The van der Waals surface area contributed by atoms with Gasteiger partial charge in [0.25, 0.3) is 11.6 Å². The van der Waals surface area contributed by atoms with Crippen molar-refractivity contribution in [3.8, 4) is 17.1 Å². The molecule has 0 bridgehead atoms. The van der Waals surface area contributed by atoms with E-state index in [0.29, 0.717) is 16.5 Å². The van der Waals surface area contributed by atoms with E-state index in [2.05, 4.69) is 41.6 Å². The summed E-state index contributed by atoms with van der Waals surface area (Å²) in [7, 11) is 0. The minimum Gasteiger partial charge on any atom is -0.272 e. The van der Waals surface area contributed by atoms with Crippen LogP contribution in [0.2, 0.25) is 5.02 Å². The minimum atomic E-state index is -0.537. The van der Waals surface area contributed by atoms with Gasteiger partial charge in [0, 0.05) is 50.8 Å². The number of carbonyl (C=O) groups excluding carboxylic acids is 1. The Balaban J connectivity index is 1.49. The molecule has 0 atom stereocenters. The highest BCUT2D eigenvalue weighted by molar-refractivity contribution is 9.10. The first-order valence-corrected chi connectivity index (χ1v) is 12.1. The Labute approximate surface area is 216 Å². The Kier molecular flexibility index (Phi) is 7.85. The summed E-state index contributed by atoms with van der Waals surface area (Å²) in [6, 6.07) is 15.2. The summed E-state index contributed by atoms with van der Waals surface area (Å²) >= 11 is 10.7. The van der Waals surface area contributed by atoms with Gasteiger partial charge in [0.05, 0.1) is 16.9 Å². The van der Waals surface area contributed by atoms with E-state index in [1.165, 1.54) is 36.2 Å². The van der Waals surface area contributed by atoms with E-state index in [4.69, 9.17) is 11.6 Å². The lowest BCUT2D eigenvalue weighted by Gasteiger charge is -2.10. The molecule has 2 aromatic heterocycles. The molecule has 2 heterocycles. The molecule has 176 valence electrons. The zero-order valence-corrected chi connectivity index (χ0v) is 20.9. The van der Waals surface area contributed by atoms with Crippen molar-refractivity contribution >= 4 is 57.1 Å². The fraction of sp³-hybridized carbons (Fsp3) is 0.0455. The van der Waals surface area contributed by atoms with Crippen LogP contribution in [0, 0.1) is 10.1 Å². The Bertz CT molecular complexity index is 1400. The first-order valence-electron chi connectivity index (χ1n) is 9.93. The number of amides is 1. The lowest BCUT2D eigenvalue weighted by Crippen LogP contribution is -2.20. The van der Waals surface area contributed by atoms with Crippen molar-refractivity contribution in [1.29, 1.82) is 0 Å². The number of non-ortho nitro benzene ring substituents is 1. The molecule has 4 aromatic rings. The zero-order chi connectivity index (χ0) is 24.8. The summed E-state index contributed by atoms with van der Waals surface area (Å²) in [4.78, 5) is 26.8. The van der Waals surface area contributed by atoms with Crippen molar-refractivity contribution in [1.82, 2.24) is 25.2 Å². The molecule has 0 spiro atoms. The molecule has 0 saturated carbocycles. The Morgan fingerprint density at radius 1 is 1.17 bits per heavy atom. The summed E-state index contributed by atoms with van der Waals surface area (Å²) in [5.74, 6) is 0.213. The van der Waals surface area contributed by atoms with Crippen LogP contribution >= 0.6 is 39.3 Å². The van der Waals surface area contributed by atoms with Crippen LogP contribution in [0.5, 0.6) is 0 Å². The Morgan fingerprint density at radius 3 is 2.63 bits per heavy atom. The van der Waals surface area contributed by atoms with Gasteiger partial charge in [-0.3, -0.25) is 24.5 Å². The highest BCUT2D eigenvalue weighted by atomic mass is 79.9. The summed E-state index contributed by atoms with van der Waals surface area (Å²) in [5.41, 5.74) is 4.22. The number of thioether (sulfide) groups is 1. The SMILES string of the molecule is O=C(CSc1nnc(-c2ccncc2)n1-c1ccc(Br)cc1)NN=Cc1cc([N+](=O)[O-])ccc1Cl. The molecule has 10 nitrogen and oxygen atoms in total. The van der Waals surface area contributed by atoms with Crippen LogP contribution in [0.4, 0.5) is 5.69 Å². The number of nitro groups is 1. The highest BCUT2D eigenvalue weighted by Crippen LogP contribution is 2.28. The summed E-state index contributed by atoms with van der Waals surface area (Å²) < 4.78 is 2.78. The van der Waals surface area contributed by atoms with Gasteiger partial charge in [-0.25, -0.2) is 5.43 Å². The molecule has 13 heteroatoms. The number of hydrogen-bond acceptors (Lipinski definition) is 8. The molecule has 0 aliphatic rings. The van der Waals surface area contributed by atoms with E-state index in [-0.39, 0.29) is 16.5 Å². The first-order chi connectivity index (χ1) is 16.9. The quantitative estimate of drug-likeness (QED) is 0.138. The second-order valence-corrected chi connectivity index (χ2v) is 9.16. The van der Waals surface area contributed by atoms with Crippen LogP contribution in [0.1, 0.15) is 5.56 Å². The largest absolute Gasteiger partial charge is 0.272 e. The van der Waals surface area contributed by atoms with Crippen molar-refractivity contribution in [2.75, 3.05) is 5.75 Å². The van der Waals surface area contributed by atoms with Gasteiger partial charge in [-0.05, 0) is 42.5 Å². The van der Waals surface area contributed by atoms with E-state index in [0.717, 1.165) is 15.7 Å². The standard InChI is InChI=1S/C22H15BrClN7O3S/c23-16-1-3-17(4-2-16)30-21(14-7-9-25-10-8-14)28-29-22(30)35-13-20(32)27-26-12-15-11-18(31(33)34)5-6-19(15)24/h1-12H,13H2,(H,27,32). The fourth-order valence-corrected chi connectivity index (χ4v) is 4.13. The third kappa shape index (κ3) is 6.10. The minimum absolute atomic E-state index is 0.00498. The molecular weight excluding hydrogens is 558 g/mol. The van der Waals surface area contributed by atoms with Crippen LogP contribution in [-0.4, -0.2) is 42.5 Å². The molecule has 0 saturated heterocycles. The van der Waals surface area contributed by atoms with Gasteiger partial charge >= 0.3 is 0 Å². The van der Waals surface area contributed by atoms with Gasteiger partial charge in [-0.1, -0.05) is 39.3 Å². The molecule has 0 radical (unpaired) electrons. The second kappa shape index (κ2) is 11.2. The molecule has 1 N–H and O–H groups in total. The lowest BCUT2D eigenvalue weighted by atomic mass is 10.2. The number of nitrogens with zero attached hydrogens (tertiary/aromatic N) is 6. The van der Waals surface area contributed by atoms with Crippen LogP contribution in [-0.2, 0) is 4.79 Å². The number of nitro benzene ring substituents is 1. The number of hydrazone groups is 1. The van der Waals surface area contributed by atoms with Crippen LogP contribution in [0.15, 0.2) is 81.7 Å². The smallest absolute Gasteiger partial charge is 0.270 e. The van der Waals surface area contributed by atoms with Crippen molar-refractivity contribution < 1.29 is 9.72 Å². The van der Waals surface area contributed by atoms with Crippen LogP contribution < -0.4 is 5.43 Å². The number of hydrogen-bond donors (Lipinski definition) is 1. The number of benzene rings is 2. The third-order valence-corrected chi connectivity index (χ3v) is 6.37. The van der Waals surface area contributed by atoms with E-state index in [1.54, 1.807) is 12.4 Å². The average Bonchev–Trinajstić information content (AvgIpc) is 3.29. The number of pyridine rings is 1. The van der Waals surface area contributed by atoms with Crippen molar-refractivity contribution in [2.24, 2.45) is 5.10 Å². The number of aromatic nitrogens is 4. The predicted octanol–water partition coefficient (Wildman–Crippen LogP) is 4.90. The molecule has 2 aromatic carbocycles. The van der Waals surface area contributed by atoms with Crippen molar-refractivity contribution in [3.05, 3.63) is 92.2 Å². The summed E-state index contributed by atoms with van der Waals surface area (Å²) in [6.45, 7) is 0. The van der Waals surface area contributed by atoms with Gasteiger partial charge in [0.15, 0.2) is 11.0 Å². The van der Waals surface area contributed by atoms with E-state index >= 15 is 0 Å². The predicted molar refractivity (Wildman–Crippen MR) is 137 cm³/mol. The Hall–Kier alpha value is -3.61. The molecule has 1 amide bonds. The number of nitrogens with one attached hydrogen (secondary N) is 1. The second-order valence-electron chi connectivity index (χ2n) is 6.90. The summed E-state index contributed by atoms with van der Waals surface area (Å²) in [5, 5.41) is 24.2.